The van der Waals surface area contributed by atoms with Crippen molar-refractivity contribution in [3.63, 3.8) is 0 Å². The molecule has 0 saturated carbocycles. The van der Waals surface area contributed by atoms with Crippen molar-refractivity contribution in [3.05, 3.63) is 89.2 Å². The molecular weight excluding hydrogens is 454 g/mol. The van der Waals surface area contributed by atoms with Crippen molar-refractivity contribution in [2.24, 2.45) is 0 Å². The molecule has 2 aromatic carbocycles. The van der Waals surface area contributed by atoms with E-state index in [1.165, 1.54) is 21.8 Å². The number of hydrogen-bond donors (Lipinski definition) is 0. The standard InChI is InChI=1S/C22H15ClF2N6O2/c23-15-3-5-18(6-4-15)31-20(14-8-16(24)10-17(25)9-14)19(33-22(31)32)12-30-28-21(27-29-30)13-2-1-7-26-11-13/h1-11,19-20H,12H2/t19-,20-/m0/s1. The van der Waals surface area contributed by atoms with E-state index in [0.717, 1.165) is 6.07 Å². The van der Waals surface area contributed by atoms with E-state index in [9.17, 15) is 13.6 Å². The molecule has 0 N–H and O–H groups in total. The number of tetrazole rings is 1. The number of cyclic esters (lactones) is 1. The summed E-state index contributed by atoms with van der Waals surface area (Å²) in [5, 5.41) is 12.8. The van der Waals surface area contributed by atoms with E-state index in [2.05, 4.69) is 20.4 Å². The highest BCUT2D eigenvalue weighted by atomic mass is 35.5. The van der Waals surface area contributed by atoms with Crippen LogP contribution in [-0.4, -0.2) is 37.4 Å². The number of halogens is 3. The van der Waals surface area contributed by atoms with Gasteiger partial charge in [-0.05, 0) is 59.3 Å². The van der Waals surface area contributed by atoms with Crippen LogP contribution < -0.4 is 4.90 Å². The third-order valence-corrected chi connectivity index (χ3v) is 5.38. The average Bonchev–Trinajstić information content (AvgIpc) is 3.39. The van der Waals surface area contributed by atoms with E-state index in [0.29, 0.717) is 22.1 Å². The van der Waals surface area contributed by atoms with Crippen molar-refractivity contribution in [1.82, 2.24) is 25.2 Å². The molecule has 2 aromatic heterocycles. The van der Waals surface area contributed by atoms with Crippen molar-refractivity contribution in [3.8, 4) is 11.4 Å². The van der Waals surface area contributed by atoms with E-state index in [4.69, 9.17) is 16.3 Å². The Bertz CT molecular complexity index is 1280. The van der Waals surface area contributed by atoms with E-state index in [1.54, 1.807) is 48.8 Å². The third-order valence-electron chi connectivity index (χ3n) is 5.13. The molecule has 11 heteroatoms. The highest BCUT2D eigenvalue weighted by Gasteiger charge is 2.44. The highest BCUT2D eigenvalue weighted by Crippen LogP contribution is 2.39. The summed E-state index contributed by atoms with van der Waals surface area (Å²) in [5.41, 5.74) is 1.36. The number of anilines is 1. The molecule has 0 aliphatic carbocycles. The molecule has 33 heavy (non-hydrogen) atoms. The molecule has 1 fully saturated rings. The predicted molar refractivity (Wildman–Crippen MR) is 114 cm³/mol. The maximum atomic E-state index is 14.1. The van der Waals surface area contributed by atoms with Gasteiger partial charge >= 0.3 is 6.09 Å². The second-order valence-electron chi connectivity index (χ2n) is 7.33. The number of rotatable bonds is 5. The van der Waals surface area contributed by atoms with Crippen LogP contribution in [0.3, 0.4) is 0 Å². The second kappa shape index (κ2) is 8.55. The first-order valence-electron chi connectivity index (χ1n) is 9.87. The van der Waals surface area contributed by atoms with Crippen LogP contribution in [0.15, 0.2) is 67.0 Å². The molecule has 0 bridgehead atoms. The van der Waals surface area contributed by atoms with Gasteiger partial charge in [0.2, 0.25) is 5.82 Å². The number of hydrogen-bond acceptors (Lipinski definition) is 6. The summed E-state index contributed by atoms with van der Waals surface area (Å²) >= 11 is 5.97. The van der Waals surface area contributed by atoms with Crippen molar-refractivity contribution in [2.75, 3.05) is 4.90 Å². The zero-order valence-electron chi connectivity index (χ0n) is 16.8. The number of carbonyl (C=O) groups excluding carboxylic acids is 1. The molecule has 2 atom stereocenters. The Morgan fingerprint density at radius 3 is 2.52 bits per heavy atom. The minimum Gasteiger partial charge on any atom is -0.441 e. The lowest BCUT2D eigenvalue weighted by atomic mass is 9.99. The molecular formula is C22H15ClF2N6O2. The van der Waals surface area contributed by atoms with E-state index in [1.807, 2.05) is 0 Å². The van der Waals surface area contributed by atoms with E-state index >= 15 is 0 Å². The molecule has 5 rings (SSSR count). The maximum Gasteiger partial charge on any atom is 0.415 e. The summed E-state index contributed by atoms with van der Waals surface area (Å²) in [5.74, 6) is -1.19. The highest BCUT2D eigenvalue weighted by molar-refractivity contribution is 6.30. The SMILES string of the molecule is O=C1O[C@@H](Cn2nnc(-c3cccnc3)n2)[C@H](c2cc(F)cc(F)c2)N1c1ccc(Cl)cc1. The zero-order valence-corrected chi connectivity index (χ0v) is 17.6. The molecule has 3 heterocycles. The number of aromatic nitrogens is 5. The fourth-order valence-electron chi connectivity index (χ4n) is 3.74. The quantitative estimate of drug-likeness (QED) is 0.430. The van der Waals surface area contributed by atoms with Crippen LogP contribution in [0.25, 0.3) is 11.4 Å². The Morgan fingerprint density at radius 1 is 1.06 bits per heavy atom. The van der Waals surface area contributed by atoms with Crippen molar-refractivity contribution < 1.29 is 18.3 Å². The summed E-state index contributed by atoms with van der Waals surface area (Å²) in [7, 11) is 0. The van der Waals surface area contributed by atoms with Crippen LogP contribution in [0.1, 0.15) is 11.6 Å². The lowest BCUT2D eigenvalue weighted by molar-refractivity contribution is 0.114. The van der Waals surface area contributed by atoms with Gasteiger partial charge in [-0.15, -0.1) is 10.2 Å². The van der Waals surface area contributed by atoms with Crippen molar-refractivity contribution >= 4 is 23.4 Å². The van der Waals surface area contributed by atoms with Gasteiger partial charge in [0, 0.05) is 34.7 Å². The van der Waals surface area contributed by atoms with Gasteiger partial charge in [-0.3, -0.25) is 9.88 Å². The second-order valence-corrected chi connectivity index (χ2v) is 7.76. The maximum absolute atomic E-state index is 14.1. The smallest absolute Gasteiger partial charge is 0.415 e. The molecule has 0 radical (unpaired) electrons. The minimum absolute atomic E-state index is 0.00584. The van der Waals surface area contributed by atoms with Gasteiger partial charge in [-0.25, -0.2) is 13.6 Å². The summed E-state index contributed by atoms with van der Waals surface area (Å²) in [6.45, 7) is 0.00584. The summed E-state index contributed by atoms with van der Waals surface area (Å²) in [6.07, 6.45) is 1.69. The molecule has 166 valence electrons. The number of benzene rings is 2. The zero-order chi connectivity index (χ0) is 22.9. The monoisotopic (exact) mass is 468 g/mol. The number of carbonyl (C=O) groups is 1. The fourth-order valence-corrected chi connectivity index (χ4v) is 3.86. The van der Waals surface area contributed by atoms with Crippen LogP contribution in [-0.2, 0) is 11.3 Å². The Morgan fingerprint density at radius 2 is 1.82 bits per heavy atom. The third kappa shape index (κ3) is 4.24. The molecule has 0 spiro atoms. The Hall–Kier alpha value is -3.92. The summed E-state index contributed by atoms with van der Waals surface area (Å²) < 4.78 is 33.7. The van der Waals surface area contributed by atoms with E-state index in [-0.39, 0.29) is 12.1 Å². The number of nitrogens with zero attached hydrogens (tertiary/aromatic N) is 6. The van der Waals surface area contributed by atoms with Crippen molar-refractivity contribution in [1.29, 1.82) is 0 Å². The lowest BCUT2D eigenvalue weighted by Gasteiger charge is -2.25. The molecule has 1 saturated heterocycles. The molecule has 0 unspecified atom stereocenters. The number of amides is 1. The Kier molecular flexibility index (Phi) is 5.43. The van der Waals surface area contributed by atoms with Gasteiger partial charge in [0.1, 0.15) is 30.3 Å². The molecule has 1 aliphatic rings. The van der Waals surface area contributed by atoms with Gasteiger partial charge in [-0.1, -0.05) is 11.6 Å². The van der Waals surface area contributed by atoms with Crippen LogP contribution in [0, 0.1) is 11.6 Å². The minimum atomic E-state index is -0.856. The van der Waals surface area contributed by atoms with Crippen LogP contribution in [0.2, 0.25) is 5.02 Å². The van der Waals surface area contributed by atoms with Crippen LogP contribution >= 0.6 is 11.6 Å². The average molecular weight is 469 g/mol. The van der Waals surface area contributed by atoms with Crippen LogP contribution in [0.5, 0.6) is 0 Å². The number of ether oxygens (including phenoxy) is 1. The Labute approximate surface area is 191 Å². The molecule has 1 aliphatic heterocycles. The molecule has 1 amide bonds. The Balaban J connectivity index is 1.51. The first-order valence-corrected chi connectivity index (χ1v) is 10.3. The van der Waals surface area contributed by atoms with Crippen molar-refractivity contribution in [2.45, 2.75) is 18.7 Å². The van der Waals surface area contributed by atoms with Gasteiger partial charge in [-0.2, -0.15) is 4.80 Å². The molecule has 4 aromatic rings. The lowest BCUT2D eigenvalue weighted by Crippen LogP contribution is -2.31. The largest absolute Gasteiger partial charge is 0.441 e. The first-order chi connectivity index (χ1) is 16.0. The first kappa shape index (κ1) is 21.0. The van der Waals surface area contributed by atoms with Crippen LogP contribution in [0.4, 0.5) is 19.3 Å². The number of pyridine rings is 1. The summed E-state index contributed by atoms with van der Waals surface area (Å²) in [6, 6.07) is 12.3. The predicted octanol–water partition coefficient (Wildman–Crippen LogP) is 4.43. The van der Waals surface area contributed by atoms with Gasteiger partial charge in [0.15, 0.2) is 0 Å². The fraction of sp³-hybridized carbons (Fsp3) is 0.136. The van der Waals surface area contributed by atoms with Gasteiger partial charge in [0.25, 0.3) is 0 Å². The van der Waals surface area contributed by atoms with E-state index < -0.39 is 29.9 Å². The summed E-state index contributed by atoms with van der Waals surface area (Å²) in [4.78, 5) is 19.5. The van der Waals surface area contributed by atoms with Gasteiger partial charge < -0.3 is 4.74 Å². The molecule has 8 nitrogen and oxygen atoms in total. The topological polar surface area (TPSA) is 86.0 Å². The van der Waals surface area contributed by atoms with Gasteiger partial charge in [0.05, 0.1) is 0 Å². The normalized spacial score (nSPS) is 17.9.